The van der Waals surface area contributed by atoms with Gasteiger partial charge in [-0.25, -0.2) is 24.3 Å². The Morgan fingerprint density at radius 2 is 1.00 bits per heavy atom. The van der Waals surface area contributed by atoms with Gasteiger partial charge in [-0.2, -0.15) is 12.2 Å². The largest absolute Gasteiger partial charge is 1.00 e. The summed E-state index contributed by atoms with van der Waals surface area (Å²) in [5, 5.41) is 3.74. The van der Waals surface area contributed by atoms with E-state index in [2.05, 4.69) is 74.6 Å². The van der Waals surface area contributed by atoms with Crippen molar-refractivity contribution in [2.75, 3.05) is 0 Å². The molecule has 0 N–H and O–H groups in total. The second-order valence-electron chi connectivity index (χ2n) is 11.1. The topological polar surface area (TPSA) is 0 Å². The quantitative estimate of drug-likeness (QED) is 0.257. The van der Waals surface area contributed by atoms with Crippen molar-refractivity contribution in [3.05, 3.63) is 95.5 Å². The van der Waals surface area contributed by atoms with Gasteiger partial charge in [0.1, 0.15) is 0 Å². The predicted octanol–water partition coefficient (Wildman–Crippen LogP) is 4.74. The van der Waals surface area contributed by atoms with E-state index >= 15 is 0 Å². The van der Waals surface area contributed by atoms with E-state index in [4.69, 9.17) is 0 Å². The van der Waals surface area contributed by atoms with Gasteiger partial charge in [0.25, 0.3) is 0 Å². The standard InChI is InChI=1S/2C12H20Si.2C5H5.2ClH.2Ti/c2*1-2-3-9-13(10-6-11-13)12-7-4-5-8-12;2*1-2-4-5-3-1;;;;/h2*4-5,7H,2-3,6,8-11H2,1H3;2*1-3H,4H2;2*1H;;/q;;2*-1;;;;/p-2. The second kappa shape index (κ2) is 24.8. The minimum atomic E-state index is -0.832. The van der Waals surface area contributed by atoms with E-state index in [1.807, 2.05) is 34.7 Å². The number of halogens is 2. The van der Waals surface area contributed by atoms with Crippen molar-refractivity contribution in [2.24, 2.45) is 0 Å². The van der Waals surface area contributed by atoms with Crippen LogP contribution in [0.2, 0.25) is 36.3 Å². The summed E-state index contributed by atoms with van der Waals surface area (Å²) in [6, 6.07) is 9.55. The Kier molecular flexibility index (Phi) is 26.3. The molecule has 0 aromatic carbocycles. The van der Waals surface area contributed by atoms with Gasteiger partial charge < -0.3 is 24.8 Å². The maximum absolute atomic E-state index is 2.99. The minimum Gasteiger partial charge on any atom is -1.00 e. The smallest absolute Gasteiger partial charge is 0.0819 e. The fourth-order valence-corrected chi connectivity index (χ4v) is 15.5. The van der Waals surface area contributed by atoms with Crippen molar-refractivity contribution < 1.29 is 68.2 Å². The van der Waals surface area contributed by atoms with Gasteiger partial charge in [0, 0.05) is 43.4 Å². The molecule has 0 amide bonds. The van der Waals surface area contributed by atoms with E-state index < -0.39 is 16.1 Å². The van der Waals surface area contributed by atoms with E-state index in [1.54, 1.807) is 36.3 Å². The van der Waals surface area contributed by atoms with Crippen LogP contribution in [0.3, 0.4) is 0 Å². The Bertz CT molecular complexity index is 811. The molecule has 6 aliphatic rings. The molecule has 2 heterocycles. The molecule has 2 saturated heterocycles. The van der Waals surface area contributed by atoms with Crippen LogP contribution in [0.4, 0.5) is 0 Å². The Hall–Kier alpha value is 0.362. The van der Waals surface area contributed by atoms with Crippen LogP contribution in [0.5, 0.6) is 0 Å². The number of rotatable bonds is 8. The maximum atomic E-state index is 2.99. The van der Waals surface area contributed by atoms with E-state index in [0.717, 1.165) is 12.8 Å². The third-order valence-corrected chi connectivity index (χ3v) is 20.0. The third-order valence-electron chi connectivity index (χ3n) is 8.72. The Labute approximate surface area is 291 Å². The van der Waals surface area contributed by atoms with Gasteiger partial charge >= 0.3 is 0 Å². The Balaban J connectivity index is 0. The van der Waals surface area contributed by atoms with Crippen LogP contribution in [-0.2, 0) is 43.4 Å². The van der Waals surface area contributed by atoms with Crippen LogP contribution in [0, 0.1) is 12.2 Å². The molecule has 0 saturated carbocycles. The van der Waals surface area contributed by atoms with Crippen molar-refractivity contribution in [1.82, 2.24) is 0 Å². The number of hydrogen-bond donors (Lipinski definition) is 0. The summed E-state index contributed by atoms with van der Waals surface area (Å²) in [5.74, 6) is 0. The molecule has 0 bridgehead atoms. The van der Waals surface area contributed by atoms with Gasteiger partial charge in [-0.05, 0) is 12.8 Å². The summed E-state index contributed by atoms with van der Waals surface area (Å²) < 4.78 is 0. The van der Waals surface area contributed by atoms with Gasteiger partial charge in [0.05, 0.1) is 16.1 Å². The van der Waals surface area contributed by atoms with Crippen molar-refractivity contribution in [3.8, 4) is 0 Å². The molecule has 0 aromatic rings. The average Bonchev–Trinajstić information content (AvgIpc) is 3.69. The first-order chi connectivity index (χ1) is 17.7. The first-order valence-electron chi connectivity index (χ1n) is 14.9. The molecule has 2 aliphatic heterocycles. The minimum absolute atomic E-state index is 0. The van der Waals surface area contributed by atoms with Crippen molar-refractivity contribution in [3.63, 3.8) is 0 Å². The Morgan fingerprint density at radius 1 is 0.600 bits per heavy atom. The summed E-state index contributed by atoms with van der Waals surface area (Å²) >= 11 is 0. The number of hydrogen-bond acceptors (Lipinski definition) is 0. The molecule has 0 aromatic heterocycles. The van der Waals surface area contributed by atoms with Crippen molar-refractivity contribution in [1.29, 1.82) is 0 Å². The monoisotopic (exact) mass is 680 g/mol. The molecule has 6 rings (SSSR count). The summed E-state index contributed by atoms with van der Waals surface area (Å²) in [6.45, 7) is 4.64. The molecular weight excluding hydrogens is 631 g/mol. The van der Waals surface area contributed by atoms with Crippen LogP contribution < -0.4 is 24.8 Å². The average molecular weight is 682 g/mol. The summed E-state index contributed by atoms with van der Waals surface area (Å²) in [7, 11) is -1.66. The second-order valence-corrected chi connectivity index (χ2v) is 20.5. The molecule has 0 nitrogen and oxygen atoms in total. The molecule has 220 valence electrons. The molecular formula is C34H50Cl2Si2Ti2-4. The third kappa shape index (κ3) is 13.8. The van der Waals surface area contributed by atoms with Crippen molar-refractivity contribution in [2.45, 2.75) is 114 Å². The van der Waals surface area contributed by atoms with E-state index in [9.17, 15) is 0 Å². The van der Waals surface area contributed by atoms with Crippen LogP contribution in [0.1, 0.15) is 78.1 Å². The zero-order valence-corrected chi connectivity index (χ0v) is 31.6. The van der Waals surface area contributed by atoms with Crippen molar-refractivity contribution >= 4 is 16.1 Å². The van der Waals surface area contributed by atoms with Gasteiger partial charge in [-0.3, -0.25) is 12.2 Å². The first kappa shape index (κ1) is 42.5. The van der Waals surface area contributed by atoms with E-state index in [0.29, 0.717) is 0 Å². The van der Waals surface area contributed by atoms with E-state index in [1.165, 1.54) is 51.4 Å². The molecule has 0 atom stereocenters. The van der Waals surface area contributed by atoms with Gasteiger partial charge in [0.2, 0.25) is 0 Å². The van der Waals surface area contributed by atoms with Crippen LogP contribution in [0.25, 0.3) is 0 Å². The molecule has 40 heavy (non-hydrogen) atoms. The van der Waals surface area contributed by atoms with Crippen LogP contribution >= 0.6 is 0 Å². The molecule has 2 fully saturated rings. The zero-order chi connectivity index (χ0) is 25.4. The Morgan fingerprint density at radius 3 is 1.18 bits per heavy atom. The fourth-order valence-electron chi connectivity index (χ4n) is 6.06. The molecule has 6 heteroatoms. The number of allylic oxidation sites excluding steroid dienone is 16. The van der Waals surface area contributed by atoms with Crippen LogP contribution in [0.15, 0.2) is 83.3 Å². The summed E-state index contributed by atoms with van der Waals surface area (Å²) in [4.78, 5) is 0. The molecule has 0 spiro atoms. The van der Waals surface area contributed by atoms with Gasteiger partial charge in [-0.15, -0.1) is 12.8 Å². The SMILES string of the molecule is CCCC[Si]1(C2=CC=CC2)CCC1.CCCC[Si]1(C2=CC=CC2)CCC1.[C-]1=CC=CC1.[C-]1=CC=CC1.[Cl-].[Cl-].[Ti].[Ti]. The van der Waals surface area contributed by atoms with E-state index in [-0.39, 0.29) is 68.2 Å². The fraction of sp³-hybridized carbons (Fsp3) is 0.529. The first-order valence-corrected chi connectivity index (χ1v) is 20.1. The summed E-state index contributed by atoms with van der Waals surface area (Å²) in [6.07, 6.45) is 45.5. The predicted molar refractivity (Wildman–Crippen MR) is 166 cm³/mol. The number of unbranched alkanes of at least 4 members (excludes halogenated alkanes) is 2. The molecule has 0 unspecified atom stereocenters. The zero-order valence-electron chi connectivity index (χ0n) is 25.0. The maximum Gasteiger partial charge on any atom is 0.0819 e. The molecule has 4 aliphatic carbocycles. The van der Waals surface area contributed by atoms with Crippen LogP contribution in [-0.4, -0.2) is 16.1 Å². The van der Waals surface area contributed by atoms with Gasteiger partial charge in [0.15, 0.2) is 0 Å². The summed E-state index contributed by atoms with van der Waals surface area (Å²) in [5.41, 5.74) is 0. The molecule has 0 radical (unpaired) electrons. The normalized spacial score (nSPS) is 20.1. The van der Waals surface area contributed by atoms with Gasteiger partial charge in [-0.1, -0.05) is 135 Å².